The van der Waals surface area contributed by atoms with Crippen LogP contribution < -0.4 is 5.73 Å². The van der Waals surface area contributed by atoms with Gasteiger partial charge in [0.05, 0.1) is 4.47 Å². The van der Waals surface area contributed by atoms with Crippen LogP contribution in [0.1, 0.15) is 44.1 Å². The minimum absolute atomic E-state index is 0.0961. The number of nitrogens with two attached hydrogens (primary N) is 1. The van der Waals surface area contributed by atoms with Crippen molar-refractivity contribution in [3.05, 3.63) is 33.8 Å². The number of halogens is 3. The van der Waals surface area contributed by atoms with Crippen LogP contribution in [0.3, 0.4) is 0 Å². The van der Waals surface area contributed by atoms with Crippen molar-refractivity contribution in [3.63, 3.8) is 0 Å². The Morgan fingerprint density at radius 3 is 2.68 bits per heavy atom. The van der Waals surface area contributed by atoms with E-state index in [2.05, 4.69) is 22.9 Å². The van der Waals surface area contributed by atoms with E-state index in [1.54, 1.807) is 0 Å². The molecule has 19 heavy (non-hydrogen) atoms. The predicted molar refractivity (Wildman–Crippen MR) is 77.0 cm³/mol. The molecule has 1 aromatic rings. The van der Waals surface area contributed by atoms with Crippen LogP contribution in [0.25, 0.3) is 0 Å². The van der Waals surface area contributed by atoms with Crippen molar-refractivity contribution >= 4 is 15.9 Å². The second-order valence-electron chi connectivity index (χ2n) is 5.45. The molecule has 1 nitrogen and oxygen atoms in total. The highest BCUT2D eigenvalue weighted by Crippen LogP contribution is 2.43. The van der Waals surface area contributed by atoms with Gasteiger partial charge in [0.25, 0.3) is 0 Å². The van der Waals surface area contributed by atoms with E-state index in [1.165, 1.54) is 12.1 Å². The SMILES string of the molecule is CCC1CCC(CN)C(c2c(F)ccc(Br)c2F)C1. The lowest BCUT2D eigenvalue weighted by Crippen LogP contribution is -2.30. The fraction of sp³-hybridized carbons (Fsp3) is 0.600. The van der Waals surface area contributed by atoms with Crippen molar-refractivity contribution < 1.29 is 8.78 Å². The minimum Gasteiger partial charge on any atom is -0.330 e. The Morgan fingerprint density at radius 1 is 1.32 bits per heavy atom. The largest absolute Gasteiger partial charge is 0.330 e. The van der Waals surface area contributed by atoms with Crippen molar-refractivity contribution in [2.75, 3.05) is 6.54 Å². The molecule has 1 aromatic carbocycles. The Hall–Kier alpha value is -0.480. The first kappa shape index (κ1) is 14.9. The lowest BCUT2D eigenvalue weighted by atomic mass is 9.70. The summed E-state index contributed by atoms with van der Waals surface area (Å²) < 4.78 is 28.6. The third-order valence-corrected chi connectivity index (χ3v) is 5.04. The summed E-state index contributed by atoms with van der Waals surface area (Å²) in [7, 11) is 0. The predicted octanol–water partition coefficient (Wildman–Crippen LogP) is 4.60. The summed E-state index contributed by atoms with van der Waals surface area (Å²) in [6, 6.07) is 2.76. The monoisotopic (exact) mass is 331 g/mol. The maximum absolute atomic E-state index is 14.3. The highest BCUT2D eigenvalue weighted by Gasteiger charge is 2.34. The standard InChI is InChI=1S/C15H20BrF2N/c1-2-9-3-4-10(8-19)11(7-9)14-13(17)6-5-12(16)15(14)18/h5-6,9-11H,2-4,7-8,19H2,1H3. The van der Waals surface area contributed by atoms with Crippen LogP contribution in [-0.4, -0.2) is 6.54 Å². The molecule has 1 aliphatic carbocycles. The summed E-state index contributed by atoms with van der Waals surface area (Å²) in [4.78, 5) is 0. The molecule has 4 heteroatoms. The summed E-state index contributed by atoms with van der Waals surface area (Å²) in [5.41, 5.74) is 6.02. The molecule has 0 heterocycles. The Balaban J connectivity index is 2.39. The van der Waals surface area contributed by atoms with Crippen molar-refractivity contribution in [2.24, 2.45) is 17.6 Å². The minimum atomic E-state index is -0.458. The van der Waals surface area contributed by atoms with E-state index in [4.69, 9.17) is 5.73 Å². The summed E-state index contributed by atoms with van der Waals surface area (Å²) in [5.74, 6) is -0.269. The van der Waals surface area contributed by atoms with Gasteiger partial charge in [-0.25, -0.2) is 8.78 Å². The summed E-state index contributed by atoms with van der Waals surface area (Å²) in [6.45, 7) is 2.63. The topological polar surface area (TPSA) is 26.0 Å². The summed E-state index contributed by atoms with van der Waals surface area (Å²) in [5, 5.41) is 0. The van der Waals surface area contributed by atoms with E-state index in [1.807, 2.05) is 0 Å². The zero-order valence-corrected chi connectivity index (χ0v) is 12.7. The van der Waals surface area contributed by atoms with Crippen molar-refractivity contribution in [1.82, 2.24) is 0 Å². The van der Waals surface area contributed by atoms with E-state index in [0.717, 1.165) is 25.7 Å². The van der Waals surface area contributed by atoms with Crippen LogP contribution >= 0.6 is 15.9 Å². The molecule has 1 fully saturated rings. The Labute approximate surface area is 121 Å². The molecular formula is C15H20BrF2N. The number of benzene rings is 1. The lowest BCUT2D eigenvalue weighted by molar-refractivity contribution is 0.228. The van der Waals surface area contributed by atoms with Gasteiger partial charge in [0.2, 0.25) is 0 Å². The van der Waals surface area contributed by atoms with Crippen molar-refractivity contribution in [2.45, 2.75) is 38.5 Å². The highest BCUT2D eigenvalue weighted by atomic mass is 79.9. The van der Waals surface area contributed by atoms with Gasteiger partial charge < -0.3 is 5.73 Å². The van der Waals surface area contributed by atoms with E-state index >= 15 is 0 Å². The molecule has 0 radical (unpaired) electrons. The fourth-order valence-corrected chi connectivity index (χ4v) is 3.56. The van der Waals surface area contributed by atoms with Crippen molar-refractivity contribution in [3.8, 4) is 0 Å². The molecule has 0 saturated heterocycles. The van der Waals surface area contributed by atoms with Gasteiger partial charge in [-0.3, -0.25) is 0 Å². The van der Waals surface area contributed by atoms with Crippen LogP contribution in [0.15, 0.2) is 16.6 Å². The quantitative estimate of drug-likeness (QED) is 0.805. The maximum Gasteiger partial charge on any atom is 0.143 e. The summed E-state index contributed by atoms with van der Waals surface area (Å²) >= 11 is 3.15. The third-order valence-electron chi connectivity index (χ3n) is 4.43. The van der Waals surface area contributed by atoms with Gasteiger partial charge >= 0.3 is 0 Å². The average Bonchev–Trinajstić information content (AvgIpc) is 2.43. The van der Waals surface area contributed by atoms with Gasteiger partial charge in [0, 0.05) is 5.56 Å². The number of hydrogen-bond donors (Lipinski definition) is 1. The van der Waals surface area contributed by atoms with E-state index in [-0.39, 0.29) is 17.4 Å². The molecule has 106 valence electrons. The zero-order valence-electron chi connectivity index (χ0n) is 11.1. The van der Waals surface area contributed by atoms with Gasteiger partial charge in [0.15, 0.2) is 0 Å². The lowest BCUT2D eigenvalue weighted by Gasteiger charge is -2.36. The van der Waals surface area contributed by atoms with Crippen LogP contribution in [0.4, 0.5) is 8.78 Å². The fourth-order valence-electron chi connectivity index (χ4n) is 3.21. The van der Waals surface area contributed by atoms with Gasteiger partial charge in [-0.05, 0) is 65.2 Å². The molecule has 3 unspecified atom stereocenters. The van der Waals surface area contributed by atoms with Crippen molar-refractivity contribution in [1.29, 1.82) is 0 Å². The molecule has 2 N–H and O–H groups in total. The van der Waals surface area contributed by atoms with E-state index < -0.39 is 11.6 Å². The third kappa shape index (κ3) is 3.00. The van der Waals surface area contributed by atoms with E-state index in [0.29, 0.717) is 16.9 Å². The first-order valence-corrected chi connectivity index (χ1v) is 7.71. The number of rotatable bonds is 3. The van der Waals surface area contributed by atoms with Gasteiger partial charge in [-0.2, -0.15) is 0 Å². The van der Waals surface area contributed by atoms with Gasteiger partial charge in [-0.1, -0.05) is 19.8 Å². The second-order valence-corrected chi connectivity index (χ2v) is 6.30. The average molecular weight is 332 g/mol. The van der Waals surface area contributed by atoms with Gasteiger partial charge in [-0.15, -0.1) is 0 Å². The Bertz CT molecular complexity index is 450. The van der Waals surface area contributed by atoms with Gasteiger partial charge in [0.1, 0.15) is 11.6 Å². The molecule has 0 bridgehead atoms. The zero-order chi connectivity index (χ0) is 14.0. The molecule has 3 atom stereocenters. The second kappa shape index (κ2) is 6.31. The smallest absolute Gasteiger partial charge is 0.143 e. The number of hydrogen-bond acceptors (Lipinski definition) is 1. The Morgan fingerprint density at radius 2 is 2.05 bits per heavy atom. The Kier molecular flexibility index (Phi) is 4.96. The van der Waals surface area contributed by atoms with Crippen LogP contribution in [0.2, 0.25) is 0 Å². The molecule has 0 aliphatic heterocycles. The molecule has 0 amide bonds. The normalized spacial score (nSPS) is 27.5. The van der Waals surface area contributed by atoms with Crippen LogP contribution in [0, 0.1) is 23.5 Å². The first-order chi connectivity index (χ1) is 9.08. The molecular weight excluding hydrogens is 312 g/mol. The van der Waals surface area contributed by atoms with Crippen LogP contribution in [0.5, 0.6) is 0 Å². The maximum atomic E-state index is 14.3. The summed E-state index contributed by atoms with van der Waals surface area (Å²) in [6.07, 6.45) is 3.98. The molecule has 1 aliphatic rings. The van der Waals surface area contributed by atoms with E-state index in [9.17, 15) is 8.78 Å². The first-order valence-electron chi connectivity index (χ1n) is 6.91. The molecule has 2 rings (SSSR count). The highest BCUT2D eigenvalue weighted by molar-refractivity contribution is 9.10. The van der Waals surface area contributed by atoms with Crippen LogP contribution in [-0.2, 0) is 0 Å². The molecule has 0 aromatic heterocycles. The molecule has 0 spiro atoms. The molecule has 1 saturated carbocycles.